The van der Waals surface area contributed by atoms with E-state index >= 15 is 0 Å². The summed E-state index contributed by atoms with van der Waals surface area (Å²) in [4.78, 5) is 1.83. The average molecular weight is 194 g/mol. The second kappa shape index (κ2) is 5.24. The number of nitrogens with one attached hydrogen (secondary N) is 1. The van der Waals surface area contributed by atoms with Crippen LogP contribution in [0.1, 0.15) is 26.2 Å². The van der Waals surface area contributed by atoms with Crippen LogP contribution in [0.25, 0.3) is 0 Å². The summed E-state index contributed by atoms with van der Waals surface area (Å²) in [6.45, 7) is 6.55. The lowest BCUT2D eigenvalue weighted by molar-refractivity contribution is -0.887. The van der Waals surface area contributed by atoms with Gasteiger partial charge in [0.1, 0.15) is 0 Å². The van der Waals surface area contributed by atoms with E-state index in [0.29, 0.717) is 0 Å². The molecule has 0 aromatic rings. The number of hydrogen-bond acceptors (Lipinski definition) is 0. The Labute approximate surface area is 68.2 Å². The lowest BCUT2D eigenvalue weighted by Crippen LogP contribution is -3.09. The third kappa shape index (κ3) is 3.21. The van der Waals surface area contributed by atoms with Crippen molar-refractivity contribution in [2.24, 2.45) is 0 Å². The Morgan fingerprint density at radius 2 is 1.78 bits per heavy atom. The SMILES string of the molecule is CCC[NH+]1CCCC1.[Br-]. The van der Waals surface area contributed by atoms with E-state index in [4.69, 9.17) is 0 Å². The largest absolute Gasteiger partial charge is 1.00 e. The van der Waals surface area contributed by atoms with Gasteiger partial charge in [-0.15, -0.1) is 0 Å². The van der Waals surface area contributed by atoms with Crippen LogP contribution in [0.4, 0.5) is 0 Å². The van der Waals surface area contributed by atoms with Gasteiger partial charge in [0.15, 0.2) is 0 Å². The normalized spacial score (nSPS) is 19.7. The van der Waals surface area contributed by atoms with E-state index < -0.39 is 0 Å². The fraction of sp³-hybridized carbons (Fsp3) is 1.00. The van der Waals surface area contributed by atoms with Crippen LogP contribution >= 0.6 is 0 Å². The van der Waals surface area contributed by atoms with E-state index in [1.807, 2.05) is 4.90 Å². The molecule has 0 radical (unpaired) electrons. The molecule has 1 aliphatic heterocycles. The summed E-state index contributed by atoms with van der Waals surface area (Å²) in [6.07, 6.45) is 4.29. The monoisotopic (exact) mass is 193 g/mol. The first-order valence-corrected chi connectivity index (χ1v) is 3.77. The van der Waals surface area contributed by atoms with Crippen molar-refractivity contribution < 1.29 is 21.9 Å². The van der Waals surface area contributed by atoms with Crippen LogP contribution in [-0.4, -0.2) is 19.6 Å². The first-order chi connectivity index (χ1) is 3.93. The summed E-state index contributed by atoms with van der Waals surface area (Å²) in [5, 5.41) is 0. The molecule has 1 rings (SSSR count). The van der Waals surface area contributed by atoms with Gasteiger partial charge >= 0.3 is 0 Å². The average Bonchev–Trinajstić information content (AvgIpc) is 2.19. The van der Waals surface area contributed by atoms with E-state index in [1.165, 1.54) is 38.9 Å². The second-order valence-corrected chi connectivity index (χ2v) is 2.71. The predicted molar refractivity (Wildman–Crippen MR) is 35.1 cm³/mol. The Morgan fingerprint density at radius 3 is 2.22 bits per heavy atom. The molecule has 0 aromatic heterocycles. The van der Waals surface area contributed by atoms with Gasteiger partial charge in [0, 0.05) is 12.8 Å². The quantitative estimate of drug-likeness (QED) is 0.480. The highest BCUT2D eigenvalue weighted by Crippen LogP contribution is 1.87. The van der Waals surface area contributed by atoms with Gasteiger partial charge in [-0.25, -0.2) is 0 Å². The summed E-state index contributed by atoms with van der Waals surface area (Å²) in [5.74, 6) is 0. The Kier molecular flexibility index (Phi) is 5.50. The zero-order valence-electron chi connectivity index (χ0n) is 6.12. The van der Waals surface area contributed by atoms with Gasteiger partial charge < -0.3 is 21.9 Å². The minimum Gasteiger partial charge on any atom is -1.00 e. The van der Waals surface area contributed by atoms with Crippen LogP contribution in [0.15, 0.2) is 0 Å². The van der Waals surface area contributed by atoms with Gasteiger partial charge in [-0.2, -0.15) is 0 Å². The van der Waals surface area contributed by atoms with Gasteiger partial charge in [0.05, 0.1) is 19.6 Å². The highest BCUT2D eigenvalue weighted by atomic mass is 79.9. The van der Waals surface area contributed by atoms with E-state index in [0.717, 1.165) is 0 Å². The zero-order valence-corrected chi connectivity index (χ0v) is 7.71. The van der Waals surface area contributed by atoms with E-state index in [9.17, 15) is 0 Å². The van der Waals surface area contributed by atoms with Crippen molar-refractivity contribution in [3.05, 3.63) is 0 Å². The molecule has 0 amide bonds. The van der Waals surface area contributed by atoms with E-state index in [1.54, 1.807) is 0 Å². The molecule has 2 heteroatoms. The third-order valence-electron chi connectivity index (χ3n) is 1.91. The van der Waals surface area contributed by atoms with Gasteiger partial charge in [-0.05, 0) is 6.42 Å². The molecule has 1 nitrogen and oxygen atoms in total. The van der Waals surface area contributed by atoms with Crippen LogP contribution in [-0.2, 0) is 0 Å². The van der Waals surface area contributed by atoms with Crippen molar-refractivity contribution in [1.29, 1.82) is 0 Å². The second-order valence-electron chi connectivity index (χ2n) is 2.71. The van der Waals surface area contributed by atoms with Gasteiger partial charge in [-0.3, -0.25) is 0 Å². The molecule has 1 heterocycles. The van der Waals surface area contributed by atoms with Crippen LogP contribution < -0.4 is 21.9 Å². The molecule has 1 aliphatic rings. The molecule has 1 N–H and O–H groups in total. The molecule has 0 aromatic carbocycles. The van der Waals surface area contributed by atoms with Gasteiger partial charge in [0.25, 0.3) is 0 Å². The Morgan fingerprint density at radius 1 is 1.22 bits per heavy atom. The lowest BCUT2D eigenvalue weighted by Gasteiger charge is -2.08. The first-order valence-electron chi connectivity index (χ1n) is 3.77. The summed E-state index contributed by atoms with van der Waals surface area (Å²) in [7, 11) is 0. The summed E-state index contributed by atoms with van der Waals surface area (Å²) >= 11 is 0. The summed E-state index contributed by atoms with van der Waals surface area (Å²) < 4.78 is 0. The molecule has 0 atom stereocenters. The summed E-state index contributed by atoms with van der Waals surface area (Å²) in [6, 6.07) is 0. The molecule has 0 bridgehead atoms. The smallest absolute Gasteiger partial charge is 0.0773 e. The predicted octanol–water partition coefficient (Wildman–Crippen LogP) is -2.92. The van der Waals surface area contributed by atoms with Crippen molar-refractivity contribution in [3.63, 3.8) is 0 Å². The van der Waals surface area contributed by atoms with Crippen LogP contribution in [0, 0.1) is 0 Å². The maximum absolute atomic E-state index is 2.27. The van der Waals surface area contributed by atoms with Crippen LogP contribution in [0.5, 0.6) is 0 Å². The molecule has 0 unspecified atom stereocenters. The minimum atomic E-state index is 0. The third-order valence-corrected chi connectivity index (χ3v) is 1.91. The molecule has 1 fully saturated rings. The van der Waals surface area contributed by atoms with Crippen molar-refractivity contribution in [1.82, 2.24) is 0 Å². The Bertz CT molecular complexity index is 59.9. The topological polar surface area (TPSA) is 4.44 Å². The fourth-order valence-electron chi connectivity index (χ4n) is 1.48. The Balaban J connectivity index is 0.000000640. The van der Waals surface area contributed by atoms with E-state index in [-0.39, 0.29) is 17.0 Å². The number of rotatable bonds is 2. The molecular weight excluding hydrogens is 178 g/mol. The maximum atomic E-state index is 2.27. The first kappa shape index (κ1) is 9.44. The number of likely N-dealkylation sites (tertiary alicyclic amines) is 1. The lowest BCUT2D eigenvalue weighted by atomic mass is 10.4. The molecular formula is C7H16BrN. The molecule has 9 heavy (non-hydrogen) atoms. The number of halogens is 1. The van der Waals surface area contributed by atoms with Crippen LogP contribution in [0.3, 0.4) is 0 Å². The minimum absolute atomic E-state index is 0. The molecule has 0 spiro atoms. The molecule has 56 valence electrons. The van der Waals surface area contributed by atoms with Gasteiger partial charge in [0.2, 0.25) is 0 Å². The zero-order chi connectivity index (χ0) is 5.82. The van der Waals surface area contributed by atoms with Crippen LogP contribution in [0.2, 0.25) is 0 Å². The number of hydrogen-bond donors (Lipinski definition) is 1. The highest BCUT2D eigenvalue weighted by Gasteiger charge is 2.12. The Hall–Kier alpha value is 0.440. The highest BCUT2D eigenvalue weighted by molar-refractivity contribution is 4.43. The molecule has 0 aliphatic carbocycles. The van der Waals surface area contributed by atoms with Crippen molar-refractivity contribution in [2.45, 2.75) is 26.2 Å². The van der Waals surface area contributed by atoms with E-state index in [2.05, 4.69) is 6.92 Å². The summed E-state index contributed by atoms with van der Waals surface area (Å²) in [5.41, 5.74) is 0. The maximum Gasteiger partial charge on any atom is 0.0773 e. The number of quaternary nitrogens is 1. The molecule has 1 saturated heterocycles. The van der Waals surface area contributed by atoms with Crippen molar-refractivity contribution in [3.8, 4) is 0 Å². The van der Waals surface area contributed by atoms with Crippen molar-refractivity contribution >= 4 is 0 Å². The van der Waals surface area contributed by atoms with Gasteiger partial charge in [-0.1, -0.05) is 6.92 Å². The fourth-order valence-corrected chi connectivity index (χ4v) is 1.48. The van der Waals surface area contributed by atoms with Crippen molar-refractivity contribution in [2.75, 3.05) is 19.6 Å². The standard InChI is InChI=1S/C7H15N.BrH/c1-2-5-8-6-3-4-7-8;/h2-7H2,1H3;1H. The molecule has 0 saturated carbocycles.